The number of benzene rings is 1. The van der Waals surface area contributed by atoms with Gasteiger partial charge < -0.3 is 10.8 Å². The lowest BCUT2D eigenvalue weighted by atomic mass is 9.94. The fraction of sp³-hybridized carbons (Fsp3) is 0.385. The Bertz CT molecular complexity index is 337. The molecule has 2 unspecified atom stereocenters. The van der Waals surface area contributed by atoms with Gasteiger partial charge in [-0.1, -0.05) is 36.4 Å². The number of rotatable bonds is 5. The Labute approximate surface area is 97.2 Å². The van der Waals surface area contributed by atoms with Crippen molar-refractivity contribution in [1.29, 1.82) is 0 Å². The average molecular weight is 220 g/mol. The molecule has 0 aliphatic carbocycles. The summed E-state index contributed by atoms with van der Waals surface area (Å²) in [5.41, 5.74) is 5.85. The minimum absolute atomic E-state index is 0.480. The van der Waals surface area contributed by atoms with Gasteiger partial charge in [0.1, 0.15) is 5.72 Å². The summed E-state index contributed by atoms with van der Waals surface area (Å²) >= 11 is 0. The first-order chi connectivity index (χ1) is 7.50. The number of hydrogen-bond acceptors (Lipinski definition) is 3. The first-order valence-electron chi connectivity index (χ1n) is 5.32. The predicted octanol–water partition coefficient (Wildman–Crippen LogP) is 0.993. The molecule has 0 aliphatic rings. The summed E-state index contributed by atoms with van der Waals surface area (Å²) in [5, 5.41) is 10.5. The molecule has 0 radical (unpaired) electrons. The fourth-order valence-corrected chi connectivity index (χ4v) is 1.66. The summed E-state index contributed by atoms with van der Waals surface area (Å²) in [6.07, 6.45) is 2.05. The molecule has 0 heterocycles. The highest BCUT2D eigenvalue weighted by molar-refractivity contribution is 5.18. The van der Waals surface area contributed by atoms with Crippen molar-refractivity contribution in [2.45, 2.75) is 18.2 Å². The first-order valence-corrected chi connectivity index (χ1v) is 5.32. The van der Waals surface area contributed by atoms with Gasteiger partial charge in [0.15, 0.2) is 0 Å². The molecule has 0 aromatic heterocycles. The Morgan fingerprint density at radius 3 is 2.44 bits per heavy atom. The van der Waals surface area contributed by atoms with Crippen LogP contribution in [-0.4, -0.2) is 35.9 Å². The molecule has 88 valence electrons. The van der Waals surface area contributed by atoms with E-state index < -0.39 is 11.8 Å². The largest absolute Gasteiger partial charge is 0.373 e. The lowest BCUT2D eigenvalue weighted by Gasteiger charge is -2.38. The van der Waals surface area contributed by atoms with Crippen LogP contribution < -0.4 is 5.73 Å². The second-order valence-electron chi connectivity index (χ2n) is 4.20. The van der Waals surface area contributed by atoms with Gasteiger partial charge in [0, 0.05) is 6.42 Å². The van der Waals surface area contributed by atoms with Crippen LogP contribution in [0, 0.1) is 0 Å². The molecule has 0 aliphatic heterocycles. The Morgan fingerprint density at radius 2 is 2.00 bits per heavy atom. The Hall–Kier alpha value is -1.16. The quantitative estimate of drug-likeness (QED) is 0.575. The second-order valence-corrected chi connectivity index (χ2v) is 4.20. The summed E-state index contributed by atoms with van der Waals surface area (Å²) in [7, 11) is 3.62. The highest BCUT2D eigenvalue weighted by atomic mass is 16.3. The standard InChI is InChI=1S/C13H20N2O/c1-4-12(14)13(16,15(2)3)10-11-8-6-5-7-9-11/h4-9,12,16H,1,10,14H2,2-3H3. The van der Waals surface area contributed by atoms with Crippen LogP contribution in [-0.2, 0) is 6.42 Å². The normalized spacial score (nSPS) is 16.8. The summed E-state index contributed by atoms with van der Waals surface area (Å²) in [5.74, 6) is 0. The van der Waals surface area contributed by atoms with Crippen molar-refractivity contribution in [2.24, 2.45) is 5.73 Å². The van der Waals surface area contributed by atoms with Gasteiger partial charge in [-0.15, -0.1) is 6.58 Å². The van der Waals surface area contributed by atoms with Crippen LogP contribution >= 0.6 is 0 Å². The third-order valence-corrected chi connectivity index (χ3v) is 2.87. The maximum absolute atomic E-state index is 10.5. The van der Waals surface area contributed by atoms with Gasteiger partial charge in [0.25, 0.3) is 0 Å². The van der Waals surface area contributed by atoms with Crippen molar-refractivity contribution in [2.75, 3.05) is 14.1 Å². The van der Waals surface area contributed by atoms with Gasteiger partial charge in [0.2, 0.25) is 0 Å². The zero-order valence-corrected chi connectivity index (χ0v) is 9.93. The van der Waals surface area contributed by atoms with E-state index >= 15 is 0 Å². The Morgan fingerprint density at radius 1 is 1.44 bits per heavy atom. The lowest BCUT2D eigenvalue weighted by molar-refractivity contribution is -0.0904. The average Bonchev–Trinajstić information content (AvgIpc) is 2.28. The highest BCUT2D eigenvalue weighted by Crippen LogP contribution is 2.19. The third-order valence-electron chi connectivity index (χ3n) is 2.87. The molecule has 1 aromatic rings. The van der Waals surface area contributed by atoms with Crippen LogP contribution in [0.4, 0.5) is 0 Å². The molecule has 0 saturated carbocycles. The van der Waals surface area contributed by atoms with Gasteiger partial charge in [0.05, 0.1) is 6.04 Å². The van der Waals surface area contributed by atoms with E-state index in [1.807, 2.05) is 44.4 Å². The van der Waals surface area contributed by atoms with E-state index in [1.54, 1.807) is 11.0 Å². The number of aliphatic hydroxyl groups is 1. The minimum Gasteiger partial charge on any atom is -0.373 e. The van der Waals surface area contributed by atoms with E-state index in [4.69, 9.17) is 5.73 Å². The van der Waals surface area contributed by atoms with E-state index in [9.17, 15) is 5.11 Å². The van der Waals surface area contributed by atoms with Crippen molar-refractivity contribution in [1.82, 2.24) is 4.90 Å². The van der Waals surface area contributed by atoms with Crippen LogP contribution in [0.3, 0.4) is 0 Å². The van der Waals surface area contributed by atoms with Crippen molar-refractivity contribution in [3.05, 3.63) is 48.6 Å². The fourth-order valence-electron chi connectivity index (χ4n) is 1.66. The molecule has 0 amide bonds. The molecule has 1 aromatic carbocycles. The molecule has 3 nitrogen and oxygen atoms in total. The van der Waals surface area contributed by atoms with Crippen LogP contribution in [0.5, 0.6) is 0 Å². The van der Waals surface area contributed by atoms with Gasteiger partial charge in [-0.3, -0.25) is 4.90 Å². The van der Waals surface area contributed by atoms with Gasteiger partial charge in [-0.25, -0.2) is 0 Å². The van der Waals surface area contributed by atoms with Crippen molar-refractivity contribution < 1.29 is 5.11 Å². The monoisotopic (exact) mass is 220 g/mol. The molecule has 0 spiro atoms. The zero-order valence-electron chi connectivity index (χ0n) is 9.93. The van der Waals surface area contributed by atoms with Gasteiger partial charge in [-0.2, -0.15) is 0 Å². The summed E-state index contributed by atoms with van der Waals surface area (Å²) in [4.78, 5) is 1.73. The molecule has 3 heteroatoms. The second kappa shape index (κ2) is 5.25. The van der Waals surface area contributed by atoms with Crippen molar-refractivity contribution in [3.63, 3.8) is 0 Å². The molecule has 0 saturated heterocycles. The summed E-state index contributed by atoms with van der Waals surface area (Å²) in [6, 6.07) is 9.32. The summed E-state index contributed by atoms with van der Waals surface area (Å²) < 4.78 is 0. The molecule has 0 fully saturated rings. The maximum Gasteiger partial charge on any atom is 0.140 e. The highest BCUT2D eigenvalue weighted by Gasteiger charge is 2.35. The third kappa shape index (κ3) is 2.70. The van der Waals surface area contributed by atoms with Crippen molar-refractivity contribution >= 4 is 0 Å². The van der Waals surface area contributed by atoms with E-state index in [0.29, 0.717) is 6.42 Å². The molecule has 0 bridgehead atoms. The first kappa shape index (κ1) is 12.9. The Kier molecular flexibility index (Phi) is 4.24. The number of likely N-dealkylation sites (N-methyl/N-ethyl adjacent to an activating group) is 1. The smallest absolute Gasteiger partial charge is 0.140 e. The molecule has 2 atom stereocenters. The number of hydrogen-bond donors (Lipinski definition) is 2. The molecule has 1 rings (SSSR count). The van der Waals surface area contributed by atoms with E-state index in [-0.39, 0.29) is 0 Å². The number of nitrogens with zero attached hydrogens (tertiary/aromatic N) is 1. The van der Waals surface area contributed by atoms with Crippen LogP contribution in [0.1, 0.15) is 5.56 Å². The molecular formula is C13H20N2O. The van der Waals surface area contributed by atoms with E-state index in [2.05, 4.69) is 6.58 Å². The van der Waals surface area contributed by atoms with Gasteiger partial charge >= 0.3 is 0 Å². The van der Waals surface area contributed by atoms with Crippen LogP contribution in [0.15, 0.2) is 43.0 Å². The molecular weight excluding hydrogens is 200 g/mol. The minimum atomic E-state index is -1.09. The molecule has 3 N–H and O–H groups in total. The van der Waals surface area contributed by atoms with E-state index in [1.165, 1.54) is 0 Å². The van der Waals surface area contributed by atoms with E-state index in [0.717, 1.165) is 5.56 Å². The van der Waals surface area contributed by atoms with Crippen molar-refractivity contribution in [3.8, 4) is 0 Å². The predicted molar refractivity (Wildman–Crippen MR) is 67.0 cm³/mol. The topological polar surface area (TPSA) is 49.5 Å². The summed E-state index contributed by atoms with van der Waals surface area (Å²) in [6.45, 7) is 3.64. The molecule has 16 heavy (non-hydrogen) atoms. The lowest BCUT2D eigenvalue weighted by Crippen LogP contribution is -2.58. The van der Waals surface area contributed by atoms with Crippen LogP contribution in [0.2, 0.25) is 0 Å². The Balaban J connectivity index is 2.92. The maximum atomic E-state index is 10.5. The van der Waals surface area contributed by atoms with Crippen LogP contribution in [0.25, 0.3) is 0 Å². The van der Waals surface area contributed by atoms with Gasteiger partial charge in [-0.05, 0) is 19.7 Å². The SMILES string of the molecule is C=CC(N)C(O)(Cc1ccccc1)N(C)C. The number of nitrogens with two attached hydrogens (primary N) is 1. The zero-order chi connectivity index (χ0) is 12.2.